The highest BCUT2D eigenvalue weighted by Crippen LogP contribution is 2.25. The van der Waals surface area contributed by atoms with Crippen LogP contribution in [-0.2, 0) is 10.0 Å². The van der Waals surface area contributed by atoms with Crippen LogP contribution >= 0.6 is 11.6 Å². The van der Waals surface area contributed by atoms with Crippen molar-refractivity contribution in [1.29, 1.82) is 0 Å². The zero-order chi connectivity index (χ0) is 14.8. The largest absolute Gasteiger partial charge is 0.369 e. The highest BCUT2D eigenvalue weighted by Gasteiger charge is 2.26. The Morgan fingerprint density at radius 1 is 1.20 bits per heavy atom. The van der Waals surface area contributed by atoms with Crippen LogP contribution in [0.15, 0.2) is 18.2 Å². The molecule has 0 saturated carbocycles. The Kier molecular flexibility index (Phi) is 4.94. The van der Waals surface area contributed by atoms with Gasteiger partial charge in [0, 0.05) is 36.9 Å². The molecule has 1 aliphatic rings. The molecule has 1 heterocycles. The Morgan fingerprint density at radius 3 is 2.40 bits per heavy atom. The van der Waals surface area contributed by atoms with Gasteiger partial charge in [-0.2, -0.15) is 4.31 Å². The van der Waals surface area contributed by atoms with E-state index in [1.165, 1.54) is 0 Å². The average Bonchev–Trinajstić information content (AvgIpc) is 2.39. The first-order chi connectivity index (χ1) is 9.44. The summed E-state index contributed by atoms with van der Waals surface area (Å²) in [6, 6.07) is 5.83. The summed E-state index contributed by atoms with van der Waals surface area (Å²) in [5, 5.41) is 0.732. The van der Waals surface area contributed by atoms with Crippen molar-refractivity contribution in [2.75, 3.05) is 36.8 Å². The van der Waals surface area contributed by atoms with Gasteiger partial charge in [0.25, 0.3) is 0 Å². The van der Waals surface area contributed by atoms with E-state index in [0.29, 0.717) is 19.5 Å². The van der Waals surface area contributed by atoms with Crippen LogP contribution in [0.1, 0.15) is 18.9 Å². The first-order valence-electron chi connectivity index (χ1n) is 6.93. The monoisotopic (exact) mass is 316 g/mol. The second-order valence-corrected chi connectivity index (χ2v) is 7.66. The van der Waals surface area contributed by atoms with Crippen LogP contribution in [0.4, 0.5) is 5.69 Å². The Balaban J connectivity index is 2.04. The number of aryl methyl sites for hydroxylation is 1. The molecule has 0 spiro atoms. The van der Waals surface area contributed by atoms with Crippen LogP contribution in [0.3, 0.4) is 0 Å². The molecule has 1 aromatic carbocycles. The zero-order valence-electron chi connectivity index (χ0n) is 12.0. The first-order valence-corrected chi connectivity index (χ1v) is 8.91. The number of nitrogens with zero attached hydrogens (tertiary/aromatic N) is 2. The quantitative estimate of drug-likeness (QED) is 0.857. The SMILES string of the molecule is CCCS(=O)(=O)N1CCN(c2ccc(Cl)cc2C)CC1. The van der Waals surface area contributed by atoms with E-state index in [0.717, 1.165) is 29.4 Å². The molecule has 1 fully saturated rings. The molecule has 6 heteroatoms. The van der Waals surface area contributed by atoms with Crippen LogP contribution in [-0.4, -0.2) is 44.7 Å². The van der Waals surface area contributed by atoms with Gasteiger partial charge in [-0.25, -0.2) is 8.42 Å². The van der Waals surface area contributed by atoms with Crippen LogP contribution in [0.25, 0.3) is 0 Å². The van der Waals surface area contributed by atoms with Gasteiger partial charge in [-0.15, -0.1) is 0 Å². The lowest BCUT2D eigenvalue weighted by atomic mass is 10.1. The van der Waals surface area contributed by atoms with E-state index in [2.05, 4.69) is 4.90 Å². The third-order valence-electron chi connectivity index (χ3n) is 3.59. The number of benzene rings is 1. The lowest BCUT2D eigenvalue weighted by molar-refractivity contribution is 0.384. The van der Waals surface area contributed by atoms with Gasteiger partial charge < -0.3 is 4.90 Å². The van der Waals surface area contributed by atoms with E-state index in [9.17, 15) is 8.42 Å². The number of sulfonamides is 1. The molecule has 0 amide bonds. The fourth-order valence-corrected chi connectivity index (χ4v) is 4.29. The molecule has 0 aromatic heterocycles. The average molecular weight is 317 g/mol. The Bertz CT molecular complexity index is 567. The summed E-state index contributed by atoms with van der Waals surface area (Å²) in [6.45, 7) is 6.50. The van der Waals surface area contributed by atoms with Crippen molar-refractivity contribution >= 4 is 27.3 Å². The Labute approximate surface area is 126 Å². The molecule has 0 aliphatic carbocycles. The number of hydrogen-bond donors (Lipinski definition) is 0. The minimum Gasteiger partial charge on any atom is -0.369 e. The minimum absolute atomic E-state index is 0.243. The molecular formula is C14H21ClN2O2S. The maximum absolute atomic E-state index is 12.0. The van der Waals surface area contributed by atoms with E-state index in [-0.39, 0.29) is 5.75 Å². The second-order valence-electron chi connectivity index (χ2n) is 5.13. The van der Waals surface area contributed by atoms with E-state index in [1.807, 2.05) is 32.0 Å². The van der Waals surface area contributed by atoms with Crippen molar-refractivity contribution in [3.8, 4) is 0 Å². The molecule has 20 heavy (non-hydrogen) atoms. The summed E-state index contributed by atoms with van der Waals surface area (Å²) in [5.41, 5.74) is 2.27. The lowest BCUT2D eigenvalue weighted by Gasteiger charge is -2.36. The molecule has 0 unspecified atom stereocenters. The molecule has 1 saturated heterocycles. The summed E-state index contributed by atoms with van der Waals surface area (Å²) < 4.78 is 25.7. The van der Waals surface area contributed by atoms with Crippen molar-refractivity contribution in [3.05, 3.63) is 28.8 Å². The molecule has 4 nitrogen and oxygen atoms in total. The van der Waals surface area contributed by atoms with Crippen LogP contribution in [0.5, 0.6) is 0 Å². The number of anilines is 1. The molecular weight excluding hydrogens is 296 g/mol. The summed E-state index contributed by atoms with van der Waals surface area (Å²) in [6.07, 6.45) is 0.666. The van der Waals surface area contributed by atoms with E-state index in [1.54, 1.807) is 4.31 Å². The van der Waals surface area contributed by atoms with E-state index < -0.39 is 10.0 Å². The summed E-state index contributed by atoms with van der Waals surface area (Å²) >= 11 is 5.97. The van der Waals surface area contributed by atoms with E-state index >= 15 is 0 Å². The van der Waals surface area contributed by atoms with Crippen molar-refractivity contribution in [1.82, 2.24) is 4.31 Å². The maximum atomic E-state index is 12.0. The normalized spacial score (nSPS) is 17.4. The molecule has 1 aliphatic heterocycles. The van der Waals surface area contributed by atoms with Gasteiger partial charge in [-0.05, 0) is 37.1 Å². The number of piperazine rings is 1. The van der Waals surface area contributed by atoms with Gasteiger partial charge in [-0.3, -0.25) is 0 Å². The smallest absolute Gasteiger partial charge is 0.214 e. The molecule has 0 bridgehead atoms. The van der Waals surface area contributed by atoms with Crippen LogP contribution < -0.4 is 4.90 Å². The second kappa shape index (κ2) is 6.33. The van der Waals surface area contributed by atoms with E-state index in [4.69, 9.17) is 11.6 Å². The first kappa shape index (κ1) is 15.6. The fourth-order valence-electron chi connectivity index (χ4n) is 2.57. The highest BCUT2D eigenvalue weighted by atomic mass is 35.5. The predicted molar refractivity (Wildman–Crippen MR) is 84.1 cm³/mol. The zero-order valence-corrected chi connectivity index (χ0v) is 13.5. The predicted octanol–water partition coefficient (Wildman–Crippen LogP) is 2.51. The molecule has 0 atom stereocenters. The highest BCUT2D eigenvalue weighted by molar-refractivity contribution is 7.89. The van der Waals surface area contributed by atoms with Gasteiger partial charge in [0.2, 0.25) is 10.0 Å². The molecule has 112 valence electrons. The molecule has 0 N–H and O–H groups in total. The van der Waals surface area contributed by atoms with Gasteiger partial charge in [-0.1, -0.05) is 18.5 Å². The van der Waals surface area contributed by atoms with Crippen molar-refractivity contribution in [2.24, 2.45) is 0 Å². The standard InChI is InChI=1S/C14H21ClN2O2S/c1-3-10-20(18,19)17-8-6-16(7-9-17)14-5-4-13(15)11-12(14)2/h4-5,11H,3,6-10H2,1-2H3. The number of rotatable bonds is 4. The third kappa shape index (κ3) is 3.45. The maximum Gasteiger partial charge on any atom is 0.214 e. The van der Waals surface area contributed by atoms with Gasteiger partial charge >= 0.3 is 0 Å². The Hall–Kier alpha value is -0.780. The van der Waals surface area contributed by atoms with Crippen LogP contribution in [0, 0.1) is 6.92 Å². The van der Waals surface area contributed by atoms with Gasteiger partial charge in [0.1, 0.15) is 0 Å². The topological polar surface area (TPSA) is 40.6 Å². The minimum atomic E-state index is -3.07. The molecule has 2 rings (SSSR count). The number of halogens is 1. The summed E-state index contributed by atoms with van der Waals surface area (Å²) in [4.78, 5) is 2.23. The molecule has 1 aromatic rings. The van der Waals surface area contributed by atoms with Gasteiger partial charge in [0.15, 0.2) is 0 Å². The van der Waals surface area contributed by atoms with Crippen molar-refractivity contribution < 1.29 is 8.42 Å². The van der Waals surface area contributed by atoms with Gasteiger partial charge in [0.05, 0.1) is 5.75 Å². The lowest BCUT2D eigenvalue weighted by Crippen LogP contribution is -2.49. The number of hydrogen-bond acceptors (Lipinski definition) is 3. The van der Waals surface area contributed by atoms with Crippen molar-refractivity contribution in [3.63, 3.8) is 0 Å². The van der Waals surface area contributed by atoms with Crippen LogP contribution in [0.2, 0.25) is 5.02 Å². The summed E-state index contributed by atoms with van der Waals surface area (Å²) in [7, 11) is -3.07. The fraction of sp³-hybridized carbons (Fsp3) is 0.571. The van der Waals surface area contributed by atoms with Crippen molar-refractivity contribution in [2.45, 2.75) is 20.3 Å². The Morgan fingerprint density at radius 2 is 1.85 bits per heavy atom. The third-order valence-corrected chi connectivity index (χ3v) is 5.90. The summed E-state index contributed by atoms with van der Waals surface area (Å²) in [5.74, 6) is 0.243. The molecule has 0 radical (unpaired) electrons.